The highest BCUT2D eigenvalue weighted by atomic mass is 32.1. The maximum atomic E-state index is 11.9. The van der Waals surface area contributed by atoms with E-state index in [9.17, 15) is 4.79 Å². The smallest absolute Gasteiger partial charge is 0.226 e. The van der Waals surface area contributed by atoms with Gasteiger partial charge < -0.3 is 5.32 Å². The number of anilines is 1. The number of benzene rings is 1. The molecule has 1 heterocycles. The molecule has 0 bridgehead atoms. The summed E-state index contributed by atoms with van der Waals surface area (Å²) in [7, 11) is 0. The average Bonchev–Trinajstić information content (AvgIpc) is 2.84. The van der Waals surface area contributed by atoms with Crippen LogP contribution in [0.25, 0.3) is 0 Å². The number of rotatable bonds is 6. The Labute approximate surface area is 129 Å². The predicted octanol–water partition coefficient (Wildman–Crippen LogP) is 3.62. The third-order valence-corrected chi connectivity index (χ3v) is 3.92. The number of nitrogens with one attached hydrogen (secondary N) is 1. The van der Waals surface area contributed by atoms with Gasteiger partial charge in [0.2, 0.25) is 11.0 Å². The van der Waals surface area contributed by atoms with E-state index < -0.39 is 0 Å². The summed E-state index contributed by atoms with van der Waals surface area (Å²) in [5, 5.41) is 12.5. The molecule has 0 saturated carbocycles. The first kappa shape index (κ1) is 15.6. The molecule has 0 radical (unpaired) electrons. The summed E-state index contributed by atoms with van der Waals surface area (Å²) in [5.41, 5.74) is 2.41. The normalized spacial score (nSPS) is 10.9. The monoisotopic (exact) mass is 303 g/mol. The van der Waals surface area contributed by atoms with Gasteiger partial charge in [0, 0.05) is 12.8 Å². The summed E-state index contributed by atoms with van der Waals surface area (Å²) in [6.07, 6.45) is 2.10. The van der Waals surface area contributed by atoms with Crippen LogP contribution < -0.4 is 5.32 Å². The third kappa shape index (κ3) is 5.27. The van der Waals surface area contributed by atoms with E-state index >= 15 is 0 Å². The molecule has 0 fully saturated rings. The van der Waals surface area contributed by atoms with Gasteiger partial charge >= 0.3 is 0 Å². The SMILES string of the molecule is Cc1ccc(CCC(=O)Nc2nnc(CC(C)C)s2)cc1. The minimum atomic E-state index is -0.0113. The van der Waals surface area contributed by atoms with Crippen LogP contribution in [0.3, 0.4) is 0 Å². The van der Waals surface area contributed by atoms with E-state index in [1.165, 1.54) is 22.5 Å². The highest BCUT2D eigenvalue weighted by Gasteiger charge is 2.09. The molecule has 5 heteroatoms. The van der Waals surface area contributed by atoms with Gasteiger partial charge in [-0.2, -0.15) is 0 Å². The Morgan fingerprint density at radius 1 is 1.24 bits per heavy atom. The van der Waals surface area contributed by atoms with Crippen LogP contribution in [0.5, 0.6) is 0 Å². The van der Waals surface area contributed by atoms with Gasteiger partial charge in [-0.15, -0.1) is 10.2 Å². The topological polar surface area (TPSA) is 54.9 Å². The molecule has 0 saturated heterocycles. The van der Waals surface area contributed by atoms with Gasteiger partial charge in [0.25, 0.3) is 0 Å². The Kier molecular flexibility index (Phi) is 5.44. The summed E-state index contributed by atoms with van der Waals surface area (Å²) in [5.74, 6) is 0.533. The number of carbonyl (C=O) groups is 1. The van der Waals surface area contributed by atoms with Crippen molar-refractivity contribution in [2.75, 3.05) is 5.32 Å². The molecule has 0 atom stereocenters. The molecule has 1 amide bonds. The molecule has 1 aromatic heterocycles. The fourth-order valence-electron chi connectivity index (χ4n) is 1.93. The van der Waals surface area contributed by atoms with Crippen molar-refractivity contribution in [2.45, 2.75) is 40.0 Å². The van der Waals surface area contributed by atoms with Gasteiger partial charge in [-0.05, 0) is 24.8 Å². The van der Waals surface area contributed by atoms with Crippen molar-refractivity contribution in [2.24, 2.45) is 5.92 Å². The van der Waals surface area contributed by atoms with Crippen molar-refractivity contribution in [3.05, 3.63) is 40.4 Å². The molecule has 0 aliphatic rings. The van der Waals surface area contributed by atoms with Crippen LogP contribution in [0.2, 0.25) is 0 Å². The van der Waals surface area contributed by atoms with Gasteiger partial charge in [0.05, 0.1) is 0 Å². The fraction of sp³-hybridized carbons (Fsp3) is 0.438. The minimum Gasteiger partial charge on any atom is -0.301 e. The maximum Gasteiger partial charge on any atom is 0.226 e. The molecular formula is C16H21N3OS. The van der Waals surface area contributed by atoms with Gasteiger partial charge in [0.1, 0.15) is 5.01 Å². The highest BCUT2D eigenvalue weighted by Crippen LogP contribution is 2.18. The van der Waals surface area contributed by atoms with Crippen LogP contribution in [0, 0.1) is 12.8 Å². The Morgan fingerprint density at radius 2 is 1.95 bits per heavy atom. The van der Waals surface area contributed by atoms with E-state index in [4.69, 9.17) is 0 Å². The Morgan fingerprint density at radius 3 is 2.62 bits per heavy atom. The lowest BCUT2D eigenvalue weighted by atomic mass is 10.1. The summed E-state index contributed by atoms with van der Waals surface area (Å²) in [6.45, 7) is 6.34. The van der Waals surface area contributed by atoms with E-state index in [2.05, 4.69) is 60.6 Å². The van der Waals surface area contributed by atoms with E-state index in [0.29, 0.717) is 17.5 Å². The number of hydrogen-bond donors (Lipinski definition) is 1. The van der Waals surface area contributed by atoms with E-state index in [0.717, 1.165) is 17.8 Å². The van der Waals surface area contributed by atoms with Crippen LogP contribution in [0.1, 0.15) is 36.4 Å². The Balaban J connectivity index is 1.81. The predicted molar refractivity (Wildman–Crippen MR) is 86.6 cm³/mol. The highest BCUT2D eigenvalue weighted by molar-refractivity contribution is 7.15. The lowest BCUT2D eigenvalue weighted by Gasteiger charge is -2.02. The van der Waals surface area contributed by atoms with Crippen LogP contribution in [-0.4, -0.2) is 16.1 Å². The number of hydrogen-bond acceptors (Lipinski definition) is 4. The van der Waals surface area contributed by atoms with Crippen LogP contribution in [0.4, 0.5) is 5.13 Å². The van der Waals surface area contributed by atoms with Gasteiger partial charge in [-0.3, -0.25) is 4.79 Å². The Hall–Kier alpha value is -1.75. The molecule has 1 aromatic carbocycles. The number of carbonyl (C=O) groups excluding carboxylic acids is 1. The van der Waals surface area contributed by atoms with E-state index in [-0.39, 0.29) is 5.91 Å². The van der Waals surface area contributed by atoms with E-state index in [1.54, 1.807) is 0 Å². The molecule has 0 unspecified atom stereocenters. The second-order valence-electron chi connectivity index (χ2n) is 5.63. The van der Waals surface area contributed by atoms with Gasteiger partial charge in [-0.25, -0.2) is 0 Å². The summed E-state index contributed by atoms with van der Waals surface area (Å²) in [6, 6.07) is 8.26. The molecular weight excluding hydrogens is 282 g/mol. The largest absolute Gasteiger partial charge is 0.301 e. The van der Waals surface area contributed by atoms with Crippen molar-refractivity contribution in [1.82, 2.24) is 10.2 Å². The second kappa shape index (κ2) is 7.31. The molecule has 0 spiro atoms. The van der Waals surface area contributed by atoms with Crippen molar-refractivity contribution < 1.29 is 4.79 Å². The first-order chi connectivity index (χ1) is 10.0. The molecule has 0 aliphatic carbocycles. The number of aromatic nitrogens is 2. The first-order valence-corrected chi connectivity index (χ1v) is 8.02. The number of amides is 1. The number of nitrogens with zero attached hydrogens (tertiary/aromatic N) is 2. The van der Waals surface area contributed by atoms with Crippen molar-refractivity contribution in [3.63, 3.8) is 0 Å². The van der Waals surface area contributed by atoms with E-state index in [1.807, 2.05) is 0 Å². The molecule has 4 nitrogen and oxygen atoms in total. The second-order valence-corrected chi connectivity index (χ2v) is 6.69. The summed E-state index contributed by atoms with van der Waals surface area (Å²) >= 11 is 1.46. The average molecular weight is 303 g/mol. The van der Waals surface area contributed by atoms with Crippen molar-refractivity contribution in [3.8, 4) is 0 Å². The quantitative estimate of drug-likeness (QED) is 0.887. The third-order valence-electron chi connectivity index (χ3n) is 3.06. The van der Waals surface area contributed by atoms with Gasteiger partial charge in [-0.1, -0.05) is 55.0 Å². The van der Waals surface area contributed by atoms with Gasteiger partial charge in [0.15, 0.2) is 0 Å². The molecule has 2 rings (SSSR count). The maximum absolute atomic E-state index is 11.9. The standard InChI is InChI=1S/C16H21N3OS/c1-11(2)10-15-18-19-16(21-15)17-14(20)9-8-13-6-4-12(3)5-7-13/h4-7,11H,8-10H2,1-3H3,(H,17,19,20). The molecule has 0 aliphatic heterocycles. The van der Waals surface area contributed by atoms with Crippen molar-refractivity contribution >= 4 is 22.4 Å². The summed E-state index contributed by atoms with van der Waals surface area (Å²) < 4.78 is 0. The lowest BCUT2D eigenvalue weighted by molar-refractivity contribution is -0.116. The number of aryl methyl sites for hydroxylation is 2. The molecule has 112 valence electrons. The van der Waals surface area contributed by atoms with Crippen LogP contribution >= 0.6 is 11.3 Å². The van der Waals surface area contributed by atoms with Crippen LogP contribution in [0.15, 0.2) is 24.3 Å². The minimum absolute atomic E-state index is 0.0113. The van der Waals surface area contributed by atoms with Crippen LogP contribution in [-0.2, 0) is 17.6 Å². The fourth-order valence-corrected chi connectivity index (χ4v) is 2.90. The zero-order valence-corrected chi connectivity index (χ0v) is 13.5. The lowest BCUT2D eigenvalue weighted by Crippen LogP contribution is -2.12. The molecule has 2 aromatic rings. The zero-order chi connectivity index (χ0) is 15.2. The molecule has 1 N–H and O–H groups in total. The Bertz CT molecular complexity index is 590. The van der Waals surface area contributed by atoms with Crippen molar-refractivity contribution in [1.29, 1.82) is 0 Å². The zero-order valence-electron chi connectivity index (χ0n) is 12.7. The molecule has 21 heavy (non-hydrogen) atoms. The summed E-state index contributed by atoms with van der Waals surface area (Å²) in [4.78, 5) is 11.9. The first-order valence-electron chi connectivity index (χ1n) is 7.20.